The number of carbonyl (C=O) groups excluding carboxylic acids is 1. The average molecular weight is 422 g/mol. The lowest BCUT2D eigenvalue weighted by Gasteiger charge is -2.35. The fourth-order valence-corrected chi connectivity index (χ4v) is 3.52. The number of fused-ring (bicyclic) bond motifs is 1. The minimum absolute atomic E-state index is 0.0566. The molecule has 7 nitrogen and oxygen atoms in total. The Kier molecular flexibility index (Phi) is 5.12. The number of aromatic nitrogens is 4. The Balaban J connectivity index is 1.39. The molecule has 1 aromatic carbocycles. The van der Waals surface area contributed by atoms with E-state index in [9.17, 15) is 18.0 Å². The second-order valence-electron chi connectivity index (χ2n) is 6.81. The number of benzene rings is 1. The molecule has 1 amide bonds. The van der Waals surface area contributed by atoms with Gasteiger partial charge in [-0.2, -0.15) is 13.3 Å². The van der Waals surface area contributed by atoms with Gasteiger partial charge in [0.15, 0.2) is 5.65 Å². The van der Waals surface area contributed by atoms with Gasteiger partial charge in [0.1, 0.15) is 18.0 Å². The molecule has 3 heterocycles. The van der Waals surface area contributed by atoms with Crippen molar-refractivity contribution >= 4 is 26.6 Å². The summed E-state index contributed by atoms with van der Waals surface area (Å²) in [4.78, 5) is 16.3. The second kappa shape index (κ2) is 7.59. The predicted molar refractivity (Wildman–Crippen MR) is 103 cm³/mol. The molecule has 29 heavy (non-hydrogen) atoms. The van der Waals surface area contributed by atoms with Gasteiger partial charge in [-0.3, -0.25) is 4.79 Å². The number of nitrogens with zero attached hydrogens (tertiary/aromatic N) is 6. The monoisotopic (exact) mass is 422 g/mol. The quantitative estimate of drug-likeness (QED) is 0.603. The zero-order valence-electron chi connectivity index (χ0n) is 15.3. The highest BCUT2D eigenvalue weighted by Gasteiger charge is 2.29. The lowest BCUT2D eigenvalue weighted by molar-refractivity contribution is -0.130. The summed E-state index contributed by atoms with van der Waals surface area (Å²) in [5.41, 5.74) is -3.10. The number of hydrogen-bond donors (Lipinski definition) is 0. The Labute approximate surface area is 166 Å². The largest absolute Gasteiger partial charge is 0.352 e. The first-order valence-corrected chi connectivity index (χ1v) is 9.54. The van der Waals surface area contributed by atoms with E-state index >= 15 is 0 Å². The number of anilines is 1. The van der Waals surface area contributed by atoms with Gasteiger partial charge in [-0.15, -0.1) is 15.3 Å². The summed E-state index contributed by atoms with van der Waals surface area (Å²) in [6, 6.07) is 7.06. The highest BCUT2D eigenvalue weighted by atomic mass is 31.0. The summed E-state index contributed by atoms with van der Waals surface area (Å²) in [6.45, 7) is 2.14. The first-order chi connectivity index (χ1) is 13.8. The molecule has 0 bridgehead atoms. The van der Waals surface area contributed by atoms with E-state index < -0.39 is 17.0 Å². The molecule has 1 unspecified atom stereocenters. The van der Waals surface area contributed by atoms with Crippen LogP contribution in [-0.2, 0) is 16.9 Å². The van der Waals surface area contributed by atoms with Crippen molar-refractivity contribution in [1.29, 1.82) is 0 Å². The molecular formula is C18H18F3N6OP. The van der Waals surface area contributed by atoms with E-state index in [0.717, 1.165) is 18.0 Å². The van der Waals surface area contributed by atoms with Crippen molar-refractivity contribution in [3.05, 3.63) is 53.6 Å². The smallest absolute Gasteiger partial charge is 0.286 e. The zero-order valence-corrected chi connectivity index (χ0v) is 16.5. The lowest BCUT2D eigenvalue weighted by Crippen LogP contribution is -2.49. The van der Waals surface area contributed by atoms with Crippen LogP contribution in [0, 0.1) is 5.82 Å². The van der Waals surface area contributed by atoms with Crippen molar-refractivity contribution in [3.63, 3.8) is 0 Å². The number of carbonyl (C=O) groups is 1. The molecule has 0 radical (unpaired) electrons. The molecule has 2 aromatic heterocycles. The summed E-state index contributed by atoms with van der Waals surface area (Å²) in [5.74, 6) is -0.417. The SMILES string of the molecule is O=C(Cc1ccc(F)c(C(F)(F)P)c1)N1CCN(c2ccc3nncn3n2)CC1. The van der Waals surface area contributed by atoms with Gasteiger partial charge in [-0.1, -0.05) is 15.3 Å². The molecule has 1 aliphatic heterocycles. The van der Waals surface area contributed by atoms with Gasteiger partial charge in [0.05, 0.1) is 12.0 Å². The highest BCUT2D eigenvalue weighted by Crippen LogP contribution is 2.36. The van der Waals surface area contributed by atoms with Crippen LogP contribution in [0.15, 0.2) is 36.7 Å². The van der Waals surface area contributed by atoms with Crippen LogP contribution in [0.4, 0.5) is 19.0 Å². The van der Waals surface area contributed by atoms with Crippen LogP contribution >= 0.6 is 9.24 Å². The molecule has 0 N–H and O–H groups in total. The molecule has 4 rings (SSSR count). The first-order valence-electron chi connectivity index (χ1n) is 8.96. The van der Waals surface area contributed by atoms with E-state index in [1.165, 1.54) is 21.6 Å². The molecule has 1 aliphatic rings. The second-order valence-corrected chi connectivity index (χ2v) is 7.53. The fourth-order valence-electron chi connectivity index (χ4n) is 3.30. The molecule has 1 atom stereocenters. The van der Waals surface area contributed by atoms with Crippen LogP contribution in [-0.4, -0.2) is 56.8 Å². The van der Waals surface area contributed by atoms with Crippen molar-refractivity contribution in [1.82, 2.24) is 24.7 Å². The number of alkyl halides is 2. The zero-order chi connectivity index (χ0) is 20.6. The van der Waals surface area contributed by atoms with Crippen LogP contribution in [0.5, 0.6) is 0 Å². The summed E-state index contributed by atoms with van der Waals surface area (Å²) in [7, 11) is 1.32. The minimum atomic E-state index is -3.38. The van der Waals surface area contributed by atoms with Crippen LogP contribution in [0.2, 0.25) is 0 Å². The van der Waals surface area contributed by atoms with Crippen molar-refractivity contribution < 1.29 is 18.0 Å². The summed E-state index contributed by atoms with van der Waals surface area (Å²) in [6.07, 6.45) is 1.47. The molecule has 1 saturated heterocycles. The number of rotatable bonds is 4. The highest BCUT2D eigenvalue weighted by molar-refractivity contribution is 7.17. The third kappa shape index (κ3) is 4.17. The number of hydrogen-bond acceptors (Lipinski definition) is 5. The van der Waals surface area contributed by atoms with Gasteiger partial charge in [-0.05, 0) is 29.8 Å². The normalized spacial score (nSPS) is 15.2. The fraction of sp³-hybridized carbons (Fsp3) is 0.333. The third-order valence-corrected chi connectivity index (χ3v) is 5.16. The minimum Gasteiger partial charge on any atom is -0.352 e. The van der Waals surface area contributed by atoms with E-state index in [2.05, 4.69) is 15.3 Å². The number of halogens is 3. The van der Waals surface area contributed by atoms with Crippen LogP contribution in [0.3, 0.4) is 0 Å². The molecule has 3 aromatic rings. The maximum absolute atomic E-state index is 13.6. The molecule has 0 spiro atoms. The van der Waals surface area contributed by atoms with Gasteiger partial charge in [0, 0.05) is 26.2 Å². The van der Waals surface area contributed by atoms with Gasteiger partial charge in [0.2, 0.25) is 5.91 Å². The molecule has 1 fully saturated rings. The van der Waals surface area contributed by atoms with Gasteiger partial charge in [0.25, 0.3) is 5.66 Å². The van der Waals surface area contributed by atoms with Crippen molar-refractivity contribution in [2.45, 2.75) is 12.1 Å². The summed E-state index contributed by atoms with van der Waals surface area (Å²) in [5, 5.41) is 12.2. The lowest BCUT2D eigenvalue weighted by atomic mass is 10.1. The Morgan fingerprint density at radius 3 is 2.62 bits per heavy atom. The van der Waals surface area contributed by atoms with E-state index in [1.54, 1.807) is 9.42 Å². The van der Waals surface area contributed by atoms with Crippen molar-refractivity contribution in [2.24, 2.45) is 0 Å². The Morgan fingerprint density at radius 2 is 1.90 bits per heavy atom. The molecule has 0 saturated carbocycles. The maximum atomic E-state index is 13.6. The molecule has 0 aliphatic carbocycles. The van der Waals surface area contributed by atoms with Crippen LogP contribution in [0.1, 0.15) is 11.1 Å². The standard InChI is InChI=1S/C18H18F3N6OP/c19-14-2-1-12(9-13(14)18(20,21)29)10-17(28)26-7-5-25(6-8-26)16-4-3-15-23-22-11-27(15)24-16/h1-4,9,11H,5-8,10,29H2. The van der Waals surface area contributed by atoms with Gasteiger partial charge in [-0.25, -0.2) is 4.39 Å². The Hall–Kier alpha value is -2.74. The van der Waals surface area contributed by atoms with Crippen LogP contribution < -0.4 is 4.90 Å². The van der Waals surface area contributed by atoms with Crippen LogP contribution in [0.25, 0.3) is 5.65 Å². The number of piperazine rings is 1. The maximum Gasteiger partial charge on any atom is 0.286 e. The van der Waals surface area contributed by atoms with Crippen molar-refractivity contribution in [2.75, 3.05) is 31.1 Å². The molecule has 152 valence electrons. The number of amides is 1. The topological polar surface area (TPSA) is 66.6 Å². The Bertz CT molecular complexity index is 1050. The van der Waals surface area contributed by atoms with E-state index in [1.807, 2.05) is 17.0 Å². The Morgan fingerprint density at radius 1 is 1.14 bits per heavy atom. The molecule has 11 heteroatoms. The van der Waals surface area contributed by atoms with Crippen molar-refractivity contribution in [3.8, 4) is 0 Å². The predicted octanol–water partition coefficient (Wildman–Crippen LogP) is 2.08. The molecular weight excluding hydrogens is 404 g/mol. The van der Waals surface area contributed by atoms with E-state index in [4.69, 9.17) is 0 Å². The van der Waals surface area contributed by atoms with Gasteiger partial charge < -0.3 is 9.80 Å². The first kappa shape index (κ1) is 19.6. The van der Waals surface area contributed by atoms with E-state index in [0.29, 0.717) is 37.4 Å². The average Bonchev–Trinajstić information content (AvgIpc) is 3.16. The third-order valence-electron chi connectivity index (χ3n) is 4.85. The summed E-state index contributed by atoms with van der Waals surface area (Å²) >= 11 is 0. The van der Waals surface area contributed by atoms with Gasteiger partial charge >= 0.3 is 0 Å². The van der Waals surface area contributed by atoms with E-state index in [-0.39, 0.29) is 12.3 Å². The summed E-state index contributed by atoms with van der Waals surface area (Å²) < 4.78 is 42.2.